The first-order valence-corrected chi connectivity index (χ1v) is 10.2. The highest BCUT2D eigenvalue weighted by atomic mass is 16.5. The number of ether oxygens (including phenoxy) is 2. The van der Waals surface area contributed by atoms with Gasteiger partial charge in [-0.15, -0.1) is 0 Å². The third-order valence-electron chi connectivity index (χ3n) is 4.48. The summed E-state index contributed by atoms with van der Waals surface area (Å²) in [6.07, 6.45) is 2.01. The number of carbonyl (C=O) groups is 3. The number of rotatable bonds is 10. The van der Waals surface area contributed by atoms with Gasteiger partial charge in [0.2, 0.25) is 0 Å². The third-order valence-corrected chi connectivity index (χ3v) is 4.48. The van der Waals surface area contributed by atoms with E-state index in [1.54, 1.807) is 25.1 Å². The number of methoxy groups -OCH3 is 1. The molecule has 0 heterocycles. The Balaban J connectivity index is 1.97. The predicted molar refractivity (Wildman–Crippen MR) is 120 cm³/mol. The first-order chi connectivity index (χ1) is 15.4. The maximum atomic E-state index is 12.2. The Labute approximate surface area is 187 Å². The number of amides is 3. The topological polar surface area (TPSA) is 118 Å². The molecule has 32 heavy (non-hydrogen) atoms. The smallest absolute Gasteiger partial charge is 0.329 e. The van der Waals surface area contributed by atoms with Crippen LogP contribution in [0, 0.1) is 0 Å². The van der Waals surface area contributed by atoms with Crippen LogP contribution in [0.25, 0.3) is 0 Å². The van der Waals surface area contributed by atoms with E-state index in [9.17, 15) is 14.4 Å². The first-order valence-electron chi connectivity index (χ1n) is 10.2. The van der Waals surface area contributed by atoms with Gasteiger partial charge < -0.3 is 20.1 Å². The van der Waals surface area contributed by atoms with E-state index in [0.717, 1.165) is 5.56 Å². The summed E-state index contributed by atoms with van der Waals surface area (Å²) in [5, 5.41) is 9.14. The van der Waals surface area contributed by atoms with Gasteiger partial charge in [0.1, 0.15) is 0 Å². The van der Waals surface area contributed by atoms with Crippen LogP contribution in [0.5, 0.6) is 11.5 Å². The van der Waals surface area contributed by atoms with Crippen LogP contribution in [0.4, 0.5) is 0 Å². The molecule has 0 aromatic heterocycles. The molecular formula is C23H28N4O5. The fourth-order valence-electron chi connectivity index (χ4n) is 2.54. The van der Waals surface area contributed by atoms with Crippen molar-refractivity contribution in [3.8, 4) is 11.5 Å². The number of nitrogens with one attached hydrogen (secondary N) is 3. The average Bonchev–Trinajstić information content (AvgIpc) is 2.81. The zero-order valence-electron chi connectivity index (χ0n) is 18.4. The van der Waals surface area contributed by atoms with E-state index in [-0.39, 0.29) is 24.3 Å². The van der Waals surface area contributed by atoms with Crippen molar-refractivity contribution >= 4 is 23.9 Å². The number of hydrogen-bond acceptors (Lipinski definition) is 6. The standard InChI is InChI=1S/C23H28N4O5/c1-4-16(2)26-22(29)23(30)27-25-14-18-11-8-12-19(31-3)21(18)32-15-20(28)24-13-17-9-6-5-7-10-17/h5-12,14,16H,4,13,15H2,1-3H3,(H,24,28)(H,26,29)(H,27,30)/b25-14-/t16-/m1/s1. The molecule has 0 saturated heterocycles. The number of carbonyl (C=O) groups excluding carboxylic acids is 3. The molecule has 2 rings (SSSR count). The first kappa shape index (κ1) is 24.4. The van der Waals surface area contributed by atoms with Crippen molar-refractivity contribution in [2.24, 2.45) is 5.10 Å². The lowest BCUT2D eigenvalue weighted by Crippen LogP contribution is -2.41. The molecule has 2 aromatic rings. The second-order valence-corrected chi connectivity index (χ2v) is 6.91. The molecule has 0 bridgehead atoms. The van der Waals surface area contributed by atoms with Gasteiger partial charge in [0, 0.05) is 18.2 Å². The highest BCUT2D eigenvalue weighted by Crippen LogP contribution is 2.30. The summed E-state index contributed by atoms with van der Waals surface area (Å²) in [5.74, 6) is -1.28. The van der Waals surface area contributed by atoms with E-state index >= 15 is 0 Å². The fourth-order valence-corrected chi connectivity index (χ4v) is 2.54. The minimum absolute atomic E-state index is 0.122. The van der Waals surface area contributed by atoms with Crippen LogP contribution in [0.15, 0.2) is 53.6 Å². The fraction of sp³-hybridized carbons (Fsp3) is 0.304. The third kappa shape index (κ3) is 7.75. The largest absolute Gasteiger partial charge is 0.493 e. The molecule has 0 spiro atoms. The molecule has 0 aliphatic rings. The van der Waals surface area contributed by atoms with E-state index in [4.69, 9.17) is 9.47 Å². The molecule has 3 N–H and O–H groups in total. The van der Waals surface area contributed by atoms with Gasteiger partial charge in [0.25, 0.3) is 5.91 Å². The van der Waals surface area contributed by atoms with Crippen LogP contribution in [0.3, 0.4) is 0 Å². The molecule has 0 fully saturated rings. The molecule has 0 aliphatic carbocycles. The summed E-state index contributed by atoms with van der Waals surface area (Å²) in [6.45, 7) is 3.84. The van der Waals surface area contributed by atoms with E-state index in [1.165, 1.54) is 13.3 Å². The van der Waals surface area contributed by atoms with Crippen molar-refractivity contribution in [2.45, 2.75) is 32.9 Å². The lowest BCUT2D eigenvalue weighted by molar-refractivity contribution is -0.139. The zero-order valence-corrected chi connectivity index (χ0v) is 18.4. The lowest BCUT2D eigenvalue weighted by Gasteiger charge is -2.13. The summed E-state index contributed by atoms with van der Waals surface area (Å²) < 4.78 is 11.0. The monoisotopic (exact) mass is 440 g/mol. The van der Waals surface area contributed by atoms with Gasteiger partial charge >= 0.3 is 11.8 Å². The molecule has 2 aromatic carbocycles. The van der Waals surface area contributed by atoms with Gasteiger partial charge in [-0.05, 0) is 31.0 Å². The van der Waals surface area contributed by atoms with Crippen LogP contribution in [-0.2, 0) is 20.9 Å². The molecule has 0 radical (unpaired) electrons. The minimum atomic E-state index is -0.882. The zero-order chi connectivity index (χ0) is 23.3. The summed E-state index contributed by atoms with van der Waals surface area (Å²) in [6, 6.07) is 14.4. The number of benzene rings is 2. The van der Waals surface area contributed by atoms with Gasteiger partial charge in [-0.1, -0.05) is 43.3 Å². The lowest BCUT2D eigenvalue weighted by atomic mass is 10.2. The normalized spacial score (nSPS) is 11.5. The Morgan fingerprint density at radius 1 is 1.06 bits per heavy atom. The predicted octanol–water partition coefficient (Wildman–Crippen LogP) is 1.76. The molecule has 9 nitrogen and oxygen atoms in total. The Morgan fingerprint density at radius 2 is 1.81 bits per heavy atom. The van der Waals surface area contributed by atoms with Crippen LogP contribution in [-0.4, -0.2) is 43.7 Å². The summed E-state index contributed by atoms with van der Waals surface area (Å²) in [4.78, 5) is 35.8. The van der Waals surface area contributed by atoms with Crippen molar-refractivity contribution in [2.75, 3.05) is 13.7 Å². The second-order valence-electron chi connectivity index (χ2n) is 6.91. The van der Waals surface area contributed by atoms with Gasteiger partial charge in [0.15, 0.2) is 18.1 Å². The maximum absolute atomic E-state index is 12.2. The van der Waals surface area contributed by atoms with Crippen LogP contribution in [0.2, 0.25) is 0 Å². The number of hydrogen-bond donors (Lipinski definition) is 3. The average molecular weight is 441 g/mol. The van der Waals surface area contributed by atoms with Crippen molar-refractivity contribution in [1.29, 1.82) is 0 Å². The maximum Gasteiger partial charge on any atom is 0.329 e. The van der Waals surface area contributed by atoms with Crippen molar-refractivity contribution in [3.63, 3.8) is 0 Å². The van der Waals surface area contributed by atoms with Crippen LogP contribution < -0.4 is 25.5 Å². The molecule has 170 valence electrons. The van der Waals surface area contributed by atoms with Crippen molar-refractivity contribution in [3.05, 3.63) is 59.7 Å². The van der Waals surface area contributed by atoms with Crippen LogP contribution in [0.1, 0.15) is 31.4 Å². The molecule has 3 amide bonds. The SMILES string of the molecule is CC[C@@H](C)NC(=O)C(=O)N/N=C\c1cccc(OC)c1OCC(=O)NCc1ccccc1. The Kier molecular flexibility index (Phi) is 9.70. The number of para-hydroxylation sites is 1. The summed E-state index contributed by atoms with van der Waals surface area (Å²) in [5.41, 5.74) is 3.60. The molecule has 0 unspecified atom stereocenters. The molecular weight excluding hydrogens is 412 g/mol. The van der Waals surface area contributed by atoms with Crippen molar-refractivity contribution in [1.82, 2.24) is 16.1 Å². The number of hydrazone groups is 1. The molecule has 0 aliphatic heterocycles. The summed E-state index contributed by atoms with van der Waals surface area (Å²) >= 11 is 0. The highest BCUT2D eigenvalue weighted by molar-refractivity contribution is 6.35. The Hall–Kier alpha value is -3.88. The Bertz CT molecular complexity index is 947. The molecule has 9 heteroatoms. The van der Waals surface area contributed by atoms with E-state index in [1.807, 2.05) is 37.3 Å². The van der Waals surface area contributed by atoms with E-state index in [2.05, 4.69) is 21.2 Å². The van der Waals surface area contributed by atoms with Gasteiger partial charge in [-0.3, -0.25) is 14.4 Å². The van der Waals surface area contributed by atoms with E-state index < -0.39 is 11.8 Å². The number of nitrogens with zero attached hydrogens (tertiary/aromatic N) is 1. The highest BCUT2D eigenvalue weighted by Gasteiger charge is 2.15. The minimum Gasteiger partial charge on any atom is -0.493 e. The van der Waals surface area contributed by atoms with Gasteiger partial charge in [0.05, 0.1) is 13.3 Å². The van der Waals surface area contributed by atoms with Crippen LogP contribution >= 0.6 is 0 Å². The Morgan fingerprint density at radius 3 is 2.50 bits per heavy atom. The second kappa shape index (κ2) is 12.7. The van der Waals surface area contributed by atoms with Gasteiger partial charge in [-0.25, -0.2) is 5.43 Å². The molecule has 1 atom stereocenters. The summed E-state index contributed by atoms with van der Waals surface area (Å²) in [7, 11) is 1.47. The van der Waals surface area contributed by atoms with E-state index in [0.29, 0.717) is 24.3 Å². The quantitative estimate of drug-likeness (QED) is 0.296. The van der Waals surface area contributed by atoms with Gasteiger partial charge in [-0.2, -0.15) is 5.10 Å². The molecule has 0 saturated carbocycles. The van der Waals surface area contributed by atoms with Crippen molar-refractivity contribution < 1.29 is 23.9 Å².